The number of esters is 1. The number of carbonyl (C=O) groups excluding carboxylic acids is 2. The minimum absolute atomic E-state index is 0.389. The van der Waals surface area contributed by atoms with Crippen molar-refractivity contribution < 1.29 is 14.3 Å². The average molecular weight is 424 g/mol. The first-order valence-corrected chi connectivity index (χ1v) is 10.2. The summed E-state index contributed by atoms with van der Waals surface area (Å²) in [4.78, 5) is 25.4. The Hall–Kier alpha value is -3.42. The fourth-order valence-electron chi connectivity index (χ4n) is 3.47. The summed E-state index contributed by atoms with van der Waals surface area (Å²) >= 11 is 0. The largest absolute Gasteiger partial charge is 0.449 e. The predicted molar refractivity (Wildman–Crippen MR) is 118 cm³/mol. The minimum atomic E-state index is -0.967. The van der Waals surface area contributed by atoms with Gasteiger partial charge in [0.25, 0.3) is 5.91 Å². The summed E-state index contributed by atoms with van der Waals surface area (Å²) in [6.45, 7) is 11.4. The number of ether oxygens (including phenoxy) is 1. The van der Waals surface area contributed by atoms with Crippen LogP contribution in [0.1, 0.15) is 51.2 Å². The normalized spacial score (nSPS) is 12.0. The Balaban J connectivity index is 1.71. The van der Waals surface area contributed by atoms with E-state index in [2.05, 4.69) is 15.5 Å². The van der Waals surface area contributed by atoms with Gasteiger partial charge in [-0.3, -0.25) is 14.2 Å². The van der Waals surface area contributed by atoms with Crippen LogP contribution in [0, 0.1) is 34.6 Å². The molecule has 0 spiro atoms. The molecule has 164 valence electrons. The van der Waals surface area contributed by atoms with Crippen LogP contribution >= 0.6 is 0 Å². The lowest BCUT2D eigenvalue weighted by molar-refractivity contribution is -0.123. The molecule has 1 aromatic carbocycles. The molecular formula is C23H29N5O3. The van der Waals surface area contributed by atoms with Crippen LogP contribution in [-0.2, 0) is 23.1 Å². The van der Waals surface area contributed by atoms with Crippen molar-refractivity contribution in [1.82, 2.24) is 19.6 Å². The molecule has 31 heavy (non-hydrogen) atoms. The topological polar surface area (TPSA) is 91.0 Å². The zero-order chi connectivity index (χ0) is 22.9. The second kappa shape index (κ2) is 8.75. The summed E-state index contributed by atoms with van der Waals surface area (Å²) in [7, 11) is 1.81. The first-order chi connectivity index (χ1) is 14.6. The minimum Gasteiger partial charge on any atom is -0.449 e. The Morgan fingerprint density at radius 3 is 2.23 bits per heavy atom. The summed E-state index contributed by atoms with van der Waals surface area (Å²) in [6.07, 6.45) is -0.967. The van der Waals surface area contributed by atoms with Gasteiger partial charge < -0.3 is 10.1 Å². The molecule has 0 fully saturated rings. The molecule has 0 bridgehead atoms. The standard InChI is InChI=1S/C23H29N5O3/c1-13-8-10-19(11-9-13)12-28-16(4)20(14(2)26-28)23(30)31-18(6)22(29)24-21-15(3)25-27(7)17(21)5/h8-11,18H,12H2,1-7H3,(H,24,29)/t18-/m1/s1. The first-order valence-electron chi connectivity index (χ1n) is 10.2. The lowest BCUT2D eigenvalue weighted by Crippen LogP contribution is -2.30. The van der Waals surface area contributed by atoms with Gasteiger partial charge in [-0.2, -0.15) is 10.2 Å². The molecule has 0 aliphatic heterocycles. The zero-order valence-electron chi connectivity index (χ0n) is 19.1. The monoisotopic (exact) mass is 423 g/mol. The number of hydrogen-bond acceptors (Lipinski definition) is 5. The number of rotatable bonds is 6. The van der Waals surface area contributed by atoms with Crippen LogP contribution in [0.15, 0.2) is 24.3 Å². The van der Waals surface area contributed by atoms with E-state index < -0.39 is 18.0 Å². The summed E-state index contributed by atoms with van der Waals surface area (Å²) in [6, 6.07) is 8.17. The molecule has 1 amide bonds. The van der Waals surface area contributed by atoms with Gasteiger partial charge in [-0.05, 0) is 47.1 Å². The van der Waals surface area contributed by atoms with Gasteiger partial charge in [-0.1, -0.05) is 29.8 Å². The number of amides is 1. The average Bonchev–Trinajstić information content (AvgIpc) is 3.12. The van der Waals surface area contributed by atoms with Crippen molar-refractivity contribution in [3.05, 3.63) is 63.7 Å². The third-order valence-corrected chi connectivity index (χ3v) is 5.45. The molecule has 0 aliphatic carbocycles. The number of nitrogens with zero attached hydrogens (tertiary/aromatic N) is 4. The van der Waals surface area contributed by atoms with Gasteiger partial charge in [-0.15, -0.1) is 0 Å². The Bertz CT molecular complexity index is 1130. The molecule has 0 unspecified atom stereocenters. The van der Waals surface area contributed by atoms with Gasteiger partial charge >= 0.3 is 5.97 Å². The van der Waals surface area contributed by atoms with Crippen LogP contribution in [0.4, 0.5) is 5.69 Å². The smallest absolute Gasteiger partial charge is 0.342 e. The number of carbonyl (C=O) groups is 2. The number of aromatic nitrogens is 4. The van der Waals surface area contributed by atoms with E-state index in [1.165, 1.54) is 5.56 Å². The molecule has 3 rings (SSSR count). The van der Waals surface area contributed by atoms with Gasteiger partial charge in [0.1, 0.15) is 5.56 Å². The number of anilines is 1. The van der Waals surface area contributed by atoms with E-state index >= 15 is 0 Å². The highest BCUT2D eigenvalue weighted by molar-refractivity contribution is 5.98. The third kappa shape index (κ3) is 4.68. The highest BCUT2D eigenvalue weighted by Crippen LogP contribution is 2.20. The van der Waals surface area contributed by atoms with Crippen LogP contribution < -0.4 is 5.32 Å². The predicted octanol–water partition coefficient (Wildman–Crippen LogP) is 3.39. The molecule has 8 nitrogen and oxygen atoms in total. The lowest BCUT2D eigenvalue weighted by atomic mass is 10.1. The van der Waals surface area contributed by atoms with E-state index in [0.717, 1.165) is 11.3 Å². The summed E-state index contributed by atoms with van der Waals surface area (Å²) < 4.78 is 8.94. The summed E-state index contributed by atoms with van der Waals surface area (Å²) in [5.74, 6) is -0.970. The van der Waals surface area contributed by atoms with E-state index in [9.17, 15) is 9.59 Å². The fraction of sp³-hybridized carbons (Fsp3) is 0.391. The lowest BCUT2D eigenvalue weighted by Gasteiger charge is -2.14. The Morgan fingerprint density at radius 2 is 1.65 bits per heavy atom. The third-order valence-electron chi connectivity index (χ3n) is 5.45. The van der Waals surface area contributed by atoms with E-state index in [1.54, 1.807) is 30.3 Å². The van der Waals surface area contributed by atoms with Crippen LogP contribution in [0.5, 0.6) is 0 Å². The molecule has 0 saturated carbocycles. The molecule has 2 aromatic heterocycles. The SMILES string of the molecule is Cc1ccc(Cn2nc(C)c(C(=O)O[C@H](C)C(=O)Nc3c(C)nn(C)c3C)c2C)cc1. The van der Waals surface area contributed by atoms with Gasteiger partial charge in [0.05, 0.1) is 35.0 Å². The molecule has 1 N–H and O–H groups in total. The van der Waals surface area contributed by atoms with Crippen molar-refractivity contribution in [2.24, 2.45) is 7.05 Å². The maximum Gasteiger partial charge on any atom is 0.342 e. The quantitative estimate of drug-likeness (QED) is 0.614. The molecule has 1 atom stereocenters. The fourth-order valence-corrected chi connectivity index (χ4v) is 3.47. The molecular weight excluding hydrogens is 394 g/mol. The van der Waals surface area contributed by atoms with E-state index in [-0.39, 0.29) is 0 Å². The number of hydrogen-bond donors (Lipinski definition) is 1. The second-order valence-corrected chi connectivity index (χ2v) is 7.90. The molecule has 0 radical (unpaired) electrons. The van der Waals surface area contributed by atoms with Crippen LogP contribution in [0.25, 0.3) is 0 Å². The van der Waals surface area contributed by atoms with E-state index in [4.69, 9.17) is 4.74 Å². The van der Waals surface area contributed by atoms with Crippen molar-refractivity contribution in [2.75, 3.05) is 5.32 Å². The van der Waals surface area contributed by atoms with Gasteiger partial charge in [0.15, 0.2) is 6.10 Å². The van der Waals surface area contributed by atoms with Gasteiger partial charge in [-0.25, -0.2) is 4.79 Å². The van der Waals surface area contributed by atoms with Crippen molar-refractivity contribution >= 4 is 17.6 Å². The van der Waals surface area contributed by atoms with Crippen molar-refractivity contribution in [2.45, 2.75) is 54.2 Å². The highest BCUT2D eigenvalue weighted by Gasteiger charge is 2.25. The van der Waals surface area contributed by atoms with Crippen molar-refractivity contribution in [1.29, 1.82) is 0 Å². The van der Waals surface area contributed by atoms with Crippen LogP contribution in [0.3, 0.4) is 0 Å². The molecule has 8 heteroatoms. The van der Waals surface area contributed by atoms with Crippen molar-refractivity contribution in [3.63, 3.8) is 0 Å². The molecule has 0 saturated heterocycles. The highest BCUT2D eigenvalue weighted by atomic mass is 16.5. The van der Waals surface area contributed by atoms with Gasteiger partial charge in [0, 0.05) is 7.05 Å². The van der Waals surface area contributed by atoms with Gasteiger partial charge in [0.2, 0.25) is 0 Å². The van der Waals surface area contributed by atoms with E-state index in [1.807, 2.05) is 52.0 Å². The Morgan fingerprint density at radius 1 is 1.00 bits per heavy atom. The zero-order valence-corrected chi connectivity index (χ0v) is 19.1. The first kappa shape index (κ1) is 22.3. The van der Waals surface area contributed by atoms with Crippen LogP contribution in [0.2, 0.25) is 0 Å². The summed E-state index contributed by atoms with van der Waals surface area (Å²) in [5.41, 5.74) is 6.10. The number of benzene rings is 1. The summed E-state index contributed by atoms with van der Waals surface area (Å²) in [5, 5.41) is 11.6. The second-order valence-electron chi connectivity index (χ2n) is 7.90. The Labute approximate surface area is 182 Å². The molecule has 2 heterocycles. The maximum atomic E-state index is 12.8. The molecule has 0 aliphatic rings. The van der Waals surface area contributed by atoms with E-state index in [0.29, 0.717) is 34.9 Å². The van der Waals surface area contributed by atoms with Crippen molar-refractivity contribution in [3.8, 4) is 0 Å². The van der Waals surface area contributed by atoms with Crippen LogP contribution in [-0.4, -0.2) is 37.5 Å². The maximum absolute atomic E-state index is 12.8. The number of nitrogens with one attached hydrogen (secondary N) is 1. The number of aryl methyl sites for hydroxylation is 4. The Kier molecular flexibility index (Phi) is 6.29. The molecule has 3 aromatic rings.